The van der Waals surface area contributed by atoms with Crippen LogP contribution in [-0.2, 0) is 11.3 Å². The fraction of sp³-hybridized carbons (Fsp3) is 0.385. The first-order valence-electron chi connectivity index (χ1n) is 5.97. The highest BCUT2D eigenvalue weighted by Gasteiger charge is 2.21. The Morgan fingerprint density at radius 3 is 2.68 bits per heavy atom. The largest absolute Gasteiger partial charge is 0.398 e. The van der Waals surface area contributed by atoms with Crippen molar-refractivity contribution in [1.29, 1.82) is 0 Å². The minimum Gasteiger partial charge on any atom is -0.398 e. The highest BCUT2D eigenvalue weighted by molar-refractivity contribution is 7.98. The normalized spacial score (nSPS) is 11.8. The van der Waals surface area contributed by atoms with E-state index < -0.39 is 5.54 Å². The molecule has 102 valence electrons. The summed E-state index contributed by atoms with van der Waals surface area (Å²) in [6, 6.07) is 5.98. The first kappa shape index (κ1) is 13.9. The Hall–Kier alpha value is -1.53. The summed E-state index contributed by atoms with van der Waals surface area (Å²) in [5.74, 6) is 1.65. The third kappa shape index (κ3) is 3.48. The van der Waals surface area contributed by atoms with Gasteiger partial charge in [0.1, 0.15) is 0 Å². The molecule has 0 unspecified atom stereocenters. The molecule has 2 rings (SSSR count). The molecule has 6 heteroatoms. The second kappa shape index (κ2) is 5.22. The molecule has 1 aromatic carbocycles. The van der Waals surface area contributed by atoms with Crippen LogP contribution < -0.4 is 11.5 Å². The summed E-state index contributed by atoms with van der Waals surface area (Å²) < 4.78 is 5.17. The third-order valence-electron chi connectivity index (χ3n) is 2.56. The number of rotatable bonds is 4. The van der Waals surface area contributed by atoms with Gasteiger partial charge in [-0.15, -0.1) is 11.8 Å². The quantitative estimate of drug-likeness (QED) is 0.659. The van der Waals surface area contributed by atoms with Gasteiger partial charge in [-0.25, -0.2) is 0 Å². The Morgan fingerprint density at radius 2 is 2.11 bits per heavy atom. The summed E-state index contributed by atoms with van der Waals surface area (Å²) in [5, 5.41) is 3.88. The van der Waals surface area contributed by atoms with Crippen LogP contribution in [-0.4, -0.2) is 10.1 Å². The molecule has 0 aliphatic rings. The van der Waals surface area contributed by atoms with E-state index in [1.807, 2.05) is 39.0 Å². The van der Waals surface area contributed by atoms with Crippen LogP contribution in [0.25, 0.3) is 0 Å². The van der Waals surface area contributed by atoms with Gasteiger partial charge in [-0.05, 0) is 38.5 Å². The molecular weight excluding hydrogens is 260 g/mol. The number of benzene rings is 1. The van der Waals surface area contributed by atoms with Gasteiger partial charge in [0, 0.05) is 10.6 Å². The van der Waals surface area contributed by atoms with Crippen molar-refractivity contribution in [2.75, 3.05) is 5.73 Å². The van der Waals surface area contributed by atoms with Gasteiger partial charge in [-0.1, -0.05) is 11.2 Å². The fourth-order valence-electron chi connectivity index (χ4n) is 1.51. The first-order chi connectivity index (χ1) is 8.86. The topological polar surface area (TPSA) is 91.0 Å². The molecule has 1 heterocycles. The summed E-state index contributed by atoms with van der Waals surface area (Å²) in [7, 11) is 0. The number of aryl methyl sites for hydroxylation is 1. The molecule has 0 spiro atoms. The van der Waals surface area contributed by atoms with Crippen molar-refractivity contribution in [3.8, 4) is 0 Å². The van der Waals surface area contributed by atoms with Gasteiger partial charge < -0.3 is 16.0 Å². The molecule has 4 N–H and O–H groups in total. The molecule has 19 heavy (non-hydrogen) atoms. The first-order valence-corrected chi connectivity index (χ1v) is 6.95. The number of nitrogens with zero attached hydrogens (tertiary/aromatic N) is 2. The highest BCUT2D eigenvalue weighted by Crippen LogP contribution is 2.28. The fourth-order valence-corrected chi connectivity index (χ4v) is 2.30. The minimum atomic E-state index is -0.588. The van der Waals surface area contributed by atoms with E-state index in [0.29, 0.717) is 17.5 Å². The summed E-state index contributed by atoms with van der Waals surface area (Å²) in [5.41, 5.74) is 13.2. The molecule has 2 aromatic rings. The van der Waals surface area contributed by atoms with Crippen molar-refractivity contribution in [2.24, 2.45) is 5.73 Å². The summed E-state index contributed by atoms with van der Waals surface area (Å²) in [6.45, 7) is 5.69. The second-order valence-electron chi connectivity index (χ2n) is 5.06. The zero-order valence-corrected chi connectivity index (χ0v) is 12.1. The Morgan fingerprint density at radius 1 is 1.37 bits per heavy atom. The van der Waals surface area contributed by atoms with Gasteiger partial charge >= 0.3 is 0 Å². The van der Waals surface area contributed by atoms with Crippen LogP contribution >= 0.6 is 11.8 Å². The Kier molecular flexibility index (Phi) is 3.82. The number of hydrogen-bond acceptors (Lipinski definition) is 6. The van der Waals surface area contributed by atoms with E-state index in [-0.39, 0.29) is 0 Å². The lowest BCUT2D eigenvalue weighted by atomic mass is 10.1. The second-order valence-corrected chi connectivity index (χ2v) is 6.08. The van der Waals surface area contributed by atoms with Gasteiger partial charge in [-0.2, -0.15) is 4.98 Å². The van der Waals surface area contributed by atoms with Crippen molar-refractivity contribution < 1.29 is 4.52 Å². The average molecular weight is 278 g/mol. The molecule has 0 amide bonds. The van der Waals surface area contributed by atoms with Crippen molar-refractivity contribution in [3.63, 3.8) is 0 Å². The number of anilines is 1. The van der Waals surface area contributed by atoms with E-state index in [0.717, 1.165) is 16.1 Å². The lowest BCUT2D eigenvalue weighted by Gasteiger charge is -2.11. The zero-order chi connectivity index (χ0) is 14.0. The molecule has 0 aliphatic heterocycles. The predicted octanol–water partition coefficient (Wildman–Crippen LogP) is 2.45. The van der Waals surface area contributed by atoms with Crippen LogP contribution in [0.5, 0.6) is 0 Å². The molecule has 0 fully saturated rings. The van der Waals surface area contributed by atoms with Crippen molar-refractivity contribution in [3.05, 3.63) is 35.5 Å². The van der Waals surface area contributed by atoms with Gasteiger partial charge in [0.2, 0.25) is 5.89 Å². The molecule has 5 nitrogen and oxygen atoms in total. The average Bonchev–Trinajstić information content (AvgIpc) is 2.76. The Labute approximate surface area is 116 Å². The molecule has 0 atom stereocenters. The SMILES string of the molecule is Cc1ccc(SCc2nc(C(C)(C)N)no2)c(N)c1. The summed E-state index contributed by atoms with van der Waals surface area (Å²) >= 11 is 1.57. The number of nitrogens with two attached hydrogens (primary N) is 2. The van der Waals surface area contributed by atoms with Crippen molar-refractivity contribution in [2.45, 2.75) is 37.0 Å². The predicted molar refractivity (Wildman–Crippen MR) is 76.7 cm³/mol. The molecule has 0 saturated carbocycles. The Balaban J connectivity index is 2.04. The number of aromatic nitrogens is 2. The maximum Gasteiger partial charge on any atom is 0.237 e. The van der Waals surface area contributed by atoms with E-state index >= 15 is 0 Å². The summed E-state index contributed by atoms with van der Waals surface area (Å²) in [4.78, 5) is 5.29. The zero-order valence-electron chi connectivity index (χ0n) is 11.3. The van der Waals surface area contributed by atoms with E-state index in [2.05, 4.69) is 10.1 Å². The lowest BCUT2D eigenvalue weighted by molar-refractivity contribution is 0.370. The molecule has 0 radical (unpaired) electrons. The van der Waals surface area contributed by atoms with Crippen LogP contribution in [0.15, 0.2) is 27.6 Å². The van der Waals surface area contributed by atoms with E-state index in [1.54, 1.807) is 11.8 Å². The van der Waals surface area contributed by atoms with Crippen molar-refractivity contribution in [1.82, 2.24) is 10.1 Å². The molecule has 0 saturated heterocycles. The van der Waals surface area contributed by atoms with Gasteiger partial charge in [0.05, 0.1) is 11.3 Å². The van der Waals surface area contributed by atoms with Gasteiger partial charge in [0.25, 0.3) is 0 Å². The number of hydrogen-bond donors (Lipinski definition) is 2. The highest BCUT2D eigenvalue weighted by atomic mass is 32.2. The smallest absolute Gasteiger partial charge is 0.237 e. The standard InChI is InChI=1S/C13H18N4OS/c1-8-4-5-10(9(14)6-8)19-7-11-16-12(17-18-11)13(2,3)15/h4-6H,7,14-15H2,1-3H3. The number of nitrogen functional groups attached to an aromatic ring is 1. The molecular formula is C13H18N4OS. The van der Waals surface area contributed by atoms with Crippen LogP contribution in [0.2, 0.25) is 0 Å². The molecule has 0 bridgehead atoms. The third-order valence-corrected chi connectivity index (χ3v) is 3.63. The maximum absolute atomic E-state index is 5.95. The van der Waals surface area contributed by atoms with Gasteiger partial charge in [-0.3, -0.25) is 0 Å². The Bertz CT molecular complexity index is 574. The minimum absolute atomic E-state index is 0.514. The monoisotopic (exact) mass is 278 g/mol. The van der Waals surface area contributed by atoms with E-state index in [9.17, 15) is 0 Å². The maximum atomic E-state index is 5.95. The summed E-state index contributed by atoms with van der Waals surface area (Å²) in [6.07, 6.45) is 0. The van der Waals surface area contributed by atoms with E-state index in [1.165, 1.54) is 0 Å². The molecule has 0 aliphatic carbocycles. The number of thioether (sulfide) groups is 1. The van der Waals surface area contributed by atoms with Crippen LogP contribution in [0.3, 0.4) is 0 Å². The molecule has 1 aromatic heterocycles. The lowest BCUT2D eigenvalue weighted by Crippen LogP contribution is -2.30. The van der Waals surface area contributed by atoms with Crippen molar-refractivity contribution >= 4 is 17.4 Å². The van der Waals surface area contributed by atoms with Crippen LogP contribution in [0.1, 0.15) is 31.1 Å². The van der Waals surface area contributed by atoms with E-state index in [4.69, 9.17) is 16.0 Å². The van der Waals surface area contributed by atoms with Crippen LogP contribution in [0, 0.1) is 6.92 Å². The van der Waals surface area contributed by atoms with Crippen LogP contribution in [0.4, 0.5) is 5.69 Å². The van der Waals surface area contributed by atoms with Gasteiger partial charge in [0.15, 0.2) is 5.82 Å².